The quantitative estimate of drug-likeness (QED) is 0.667. The lowest BCUT2D eigenvalue weighted by molar-refractivity contribution is -0.131. The first-order valence-electron chi connectivity index (χ1n) is 9.77. The first kappa shape index (κ1) is 21.9. The van der Waals surface area contributed by atoms with E-state index in [0.29, 0.717) is 31.3 Å². The zero-order chi connectivity index (χ0) is 20.2. The van der Waals surface area contributed by atoms with Crippen molar-refractivity contribution in [1.82, 2.24) is 15.0 Å². The molecule has 1 atom stereocenters. The molecule has 3 aromatic rings. The second-order valence-electron chi connectivity index (χ2n) is 7.34. The van der Waals surface area contributed by atoms with Crippen LogP contribution in [0, 0.1) is 5.82 Å². The van der Waals surface area contributed by atoms with E-state index in [-0.39, 0.29) is 36.5 Å². The van der Waals surface area contributed by atoms with Gasteiger partial charge in [-0.2, -0.15) is 4.98 Å². The molecule has 0 radical (unpaired) electrons. The van der Waals surface area contributed by atoms with Crippen LogP contribution in [0.2, 0.25) is 0 Å². The smallest absolute Gasteiger partial charge is 0.231 e. The average Bonchev–Trinajstić information content (AvgIpc) is 3.26. The number of hydrogen-bond donors (Lipinski definition) is 1. The fraction of sp³-hybridized carbons (Fsp3) is 0.318. The Balaban J connectivity index is 0.00000256. The Labute approximate surface area is 180 Å². The number of rotatable bonds is 5. The Bertz CT molecular complexity index is 976. The average molecular weight is 431 g/mol. The van der Waals surface area contributed by atoms with Gasteiger partial charge in [-0.05, 0) is 36.1 Å². The summed E-state index contributed by atoms with van der Waals surface area (Å²) in [7, 11) is 0. The number of carbonyl (C=O) groups is 1. The van der Waals surface area contributed by atoms with Gasteiger partial charge in [-0.25, -0.2) is 4.39 Å². The van der Waals surface area contributed by atoms with E-state index in [4.69, 9.17) is 10.3 Å². The maximum atomic E-state index is 13.1. The van der Waals surface area contributed by atoms with Gasteiger partial charge in [0.1, 0.15) is 5.82 Å². The third kappa shape index (κ3) is 5.04. The molecule has 1 aromatic heterocycles. The molecule has 1 aliphatic rings. The van der Waals surface area contributed by atoms with Crippen LogP contribution >= 0.6 is 12.4 Å². The highest BCUT2D eigenvalue weighted by Gasteiger charge is 2.28. The molecule has 0 saturated carbocycles. The summed E-state index contributed by atoms with van der Waals surface area (Å²) in [6, 6.07) is 13.8. The number of nitrogens with two attached hydrogens (primary N) is 1. The van der Waals surface area contributed by atoms with Crippen molar-refractivity contribution in [3.63, 3.8) is 0 Å². The zero-order valence-electron chi connectivity index (χ0n) is 16.5. The minimum Gasteiger partial charge on any atom is -0.342 e. The zero-order valence-corrected chi connectivity index (χ0v) is 17.3. The fourth-order valence-electron chi connectivity index (χ4n) is 3.60. The van der Waals surface area contributed by atoms with Crippen LogP contribution in [-0.2, 0) is 17.8 Å². The number of piperidine rings is 1. The lowest BCUT2D eigenvalue weighted by Gasteiger charge is -2.31. The summed E-state index contributed by atoms with van der Waals surface area (Å²) in [6.07, 6.45) is 2.03. The molecule has 2 aromatic carbocycles. The van der Waals surface area contributed by atoms with Crippen LogP contribution in [-0.4, -0.2) is 34.0 Å². The maximum Gasteiger partial charge on any atom is 0.231 e. The first-order chi connectivity index (χ1) is 14.1. The van der Waals surface area contributed by atoms with E-state index in [1.54, 1.807) is 12.1 Å². The van der Waals surface area contributed by atoms with Gasteiger partial charge in [-0.1, -0.05) is 41.6 Å². The third-order valence-electron chi connectivity index (χ3n) is 5.28. The highest BCUT2D eigenvalue weighted by molar-refractivity contribution is 5.85. The largest absolute Gasteiger partial charge is 0.342 e. The molecule has 158 valence electrons. The highest BCUT2D eigenvalue weighted by atomic mass is 35.5. The van der Waals surface area contributed by atoms with Crippen LogP contribution in [0.4, 0.5) is 4.39 Å². The Hall–Kier alpha value is -2.77. The standard InChI is InChI=1S/C22H23FN4O2.ClH/c23-19-9-5-15(6-10-19)12-20(28)27-11-1-2-18(14-27)22-25-21(26-29-22)17-7-3-16(13-24)4-8-17;/h3-10,18H,1-2,11-14,24H2;1H. The number of halogens is 2. The Morgan fingerprint density at radius 3 is 2.53 bits per heavy atom. The number of nitrogens with zero attached hydrogens (tertiary/aromatic N) is 3. The van der Waals surface area contributed by atoms with E-state index in [9.17, 15) is 9.18 Å². The van der Waals surface area contributed by atoms with Crippen molar-refractivity contribution < 1.29 is 13.7 Å². The summed E-state index contributed by atoms with van der Waals surface area (Å²) < 4.78 is 18.6. The van der Waals surface area contributed by atoms with Gasteiger partial charge >= 0.3 is 0 Å². The summed E-state index contributed by atoms with van der Waals surface area (Å²) in [6.45, 7) is 1.74. The van der Waals surface area contributed by atoms with E-state index in [1.807, 2.05) is 29.2 Å². The van der Waals surface area contributed by atoms with Crippen molar-refractivity contribution >= 4 is 18.3 Å². The summed E-state index contributed by atoms with van der Waals surface area (Å²) in [5.41, 5.74) is 8.35. The molecule has 6 nitrogen and oxygen atoms in total. The molecule has 2 N–H and O–H groups in total. The molecule has 1 amide bonds. The van der Waals surface area contributed by atoms with Gasteiger partial charge in [-0.15, -0.1) is 12.4 Å². The van der Waals surface area contributed by atoms with Gasteiger partial charge in [0.05, 0.1) is 12.3 Å². The lowest BCUT2D eigenvalue weighted by atomic mass is 9.97. The fourth-order valence-corrected chi connectivity index (χ4v) is 3.60. The summed E-state index contributed by atoms with van der Waals surface area (Å²) in [4.78, 5) is 19.1. The number of likely N-dealkylation sites (tertiary alicyclic amines) is 1. The molecule has 1 saturated heterocycles. The van der Waals surface area contributed by atoms with E-state index < -0.39 is 0 Å². The van der Waals surface area contributed by atoms with Crippen LogP contribution in [0.15, 0.2) is 53.1 Å². The summed E-state index contributed by atoms with van der Waals surface area (Å²) in [5.74, 6) is 0.841. The molecule has 0 aliphatic carbocycles. The molecular formula is C22H24ClFN4O2. The second kappa shape index (κ2) is 9.82. The molecule has 1 unspecified atom stereocenters. The Morgan fingerprint density at radius 1 is 1.13 bits per heavy atom. The van der Waals surface area contributed by atoms with Crippen LogP contribution in [0.25, 0.3) is 11.4 Å². The topological polar surface area (TPSA) is 85.2 Å². The van der Waals surface area contributed by atoms with Crippen LogP contribution in [0.5, 0.6) is 0 Å². The predicted molar refractivity (Wildman–Crippen MR) is 114 cm³/mol. The molecule has 1 fully saturated rings. The molecular weight excluding hydrogens is 407 g/mol. The van der Waals surface area contributed by atoms with E-state index in [1.165, 1.54) is 12.1 Å². The maximum absolute atomic E-state index is 13.1. The van der Waals surface area contributed by atoms with Crippen molar-refractivity contribution in [2.45, 2.75) is 31.7 Å². The molecule has 0 spiro atoms. The number of aromatic nitrogens is 2. The van der Waals surface area contributed by atoms with Crippen LogP contribution in [0.1, 0.15) is 35.8 Å². The number of amides is 1. The molecule has 2 heterocycles. The summed E-state index contributed by atoms with van der Waals surface area (Å²) in [5, 5.41) is 4.11. The Kier molecular flexibility index (Phi) is 7.18. The minimum atomic E-state index is -0.302. The number of carbonyl (C=O) groups excluding carboxylic acids is 1. The van der Waals surface area contributed by atoms with Gasteiger partial charge in [0.15, 0.2) is 0 Å². The van der Waals surface area contributed by atoms with Crippen LogP contribution < -0.4 is 5.73 Å². The third-order valence-corrected chi connectivity index (χ3v) is 5.28. The van der Waals surface area contributed by atoms with Gasteiger partial charge in [0.25, 0.3) is 0 Å². The molecule has 4 rings (SSSR count). The number of hydrogen-bond acceptors (Lipinski definition) is 5. The van der Waals surface area contributed by atoms with Crippen molar-refractivity contribution in [2.75, 3.05) is 13.1 Å². The highest BCUT2D eigenvalue weighted by Crippen LogP contribution is 2.28. The first-order valence-corrected chi connectivity index (χ1v) is 9.77. The molecule has 1 aliphatic heterocycles. The van der Waals surface area contributed by atoms with Gasteiger partial charge in [-0.3, -0.25) is 4.79 Å². The van der Waals surface area contributed by atoms with Crippen LogP contribution in [0.3, 0.4) is 0 Å². The predicted octanol–water partition coefficient (Wildman–Crippen LogP) is 3.70. The Morgan fingerprint density at radius 2 is 1.83 bits per heavy atom. The van der Waals surface area contributed by atoms with E-state index in [2.05, 4.69) is 10.1 Å². The van der Waals surface area contributed by atoms with Crippen molar-refractivity contribution in [1.29, 1.82) is 0 Å². The van der Waals surface area contributed by atoms with Gasteiger partial charge < -0.3 is 15.2 Å². The molecule has 30 heavy (non-hydrogen) atoms. The van der Waals surface area contributed by atoms with E-state index in [0.717, 1.165) is 29.5 Å². The summed E-state index contributed by atoms with van der Waals surface area (Å²) >= 11 is 0. The lowest BCUT2D eigenvalue weighted by Crippen LogP contribution is -2.40. The normalized spacial score (nSPS) is 16.2. The minimum absolute atomic E-state index is 0. The molecule has 0 bridgehead atoms. The number of benzene rings is 2. The van der Waals surface area contributed by atoms with E-state index >= 15 is 0 Å². The van der Waals surface area contributed by atoms with Crippen molar-refractivity contribution in [3.05, 3.63) is 71.4 Å². The van der Waals surface area contributed by atoms with Crippen molar-refractivity contribution in [3.8, 4) is 11.4 Å². The van der Waals surface area contributed by atoms with Gasteiger partial charge in [0.2, 0.25) is 17.6 Å². The van der Waals surface area contributed by atoms with Crippen molar-refractivity contribution in [2.24, 2.45) is 5.73 Å². The SMILES string of the molecule is Cl.NCc1ccc(-c2noc(C3CCCN(C(=O)Cc4ccc(F)cc4)C3)n2)cc1. The molecule has 8 heteroatoms. The second-order valence-corrected chi connectivity index (χ2v) is 7.34. The monoisotopic (exact) mass is 430 g/mol. The van der Waals surface area contributed by atoms with Gasteiger partial charge in [0, 0.05) is 25.2 Å².